The minimum Gasteiger partial charge on any atom is -0.497 e. The molecule has 0 aliphatic rings. The number of amides is 1. The maximum atomic E-state index is 12.6. The maximum absolute atomic E-state index is 12.6. The highest BCUT2D eigenvalue weighted by Crippen LogP contribution is 2.37. The number of hydrogen-bond donors (Lipinski definition) is 1. The number of para-hydroxylation sites is 2. The van der Waals surface area contributed by atoms with Crippen LogP contribution in [0.15, 0.2) is 53.9 Å². The first kappa shape index (κ1) is 22.8. The van der Waals surface area contributed by atoms with Gasteiger partial charge in [-0.1, -0.05) is 24.3 Å². The monoisotopic (exact) mass is 456 g/mol. The molecule has 1 heterocycles. The first-order valence-electron chi connectivity index (χ1n) is 9.53. The number of thiophene rings is 1. The summed E-state index contributed by atoms with van der Waals surface area (Å²) in [5.74, 6) is -0.503. The van der Waals surface area contributed by atoms with E-state index in [1.165, 1.54) is 29.5 Å². The van der Waals surface area contributed by atoms with E-state index in [0.717, 1.165) is 5.56 Å². The van der Waals surface area contributed by atoms with Crippen molar-refractivity contribution in [2.24, 2.45) is 0 Å². The fourth-order valence-electron chi connectivity index (χ4n) is 2.87. The molecule has 0 aliphatic carbocycles. The van der Waals surface area contributed by atoms with Crippen molar-refractivity contribution in [3.63, 3.8) is 0 Å². The lowest BCUT2D eigenvalue weighted by Gasteiger charge is -2.10. The Kier molecular flexibility index (Phi) is 7.40. The summed E-state index contributed by atoms with van der Waals surface area (Å²) in [6.07, 6.45) is 0. The summed E-state index contributed by atoms with van der Waals surface area (Å²) in [5.41, 5.74) is 1.33. The van der Waals surface area contributed by atoms with Gasteiger partial charge in [0.15, 0.2) is 12.4 Å². The molecule has 10 heteroatoms. The number of anilines is 1. The molecule has 0 bridgehead atoms. The van der Waals surface area contributed by atoms with Gasteiger partial charge >= 0.3 is 11.7 Å². The number of methoxy groups -OCH3 is 1. The van der Waals surface area contributed by atoms with Gasteiger partial charge in [0.25, 0.3) is 5.91 Å². The van der Waals surface area contributed by atoms with E-state index in [0.29, 0.717) is 16.3 Å². The molecule has 1 aromatic heterocycles. The van der Waals surface area contributed by atoms with Crippen molar-refractivity contribution in [2.75, 3.05) is 25.6 Å². The van der Waals surface area contributed by atoms with Crippen LogP contribution in [0.3, 0.4) is 0 Å². The normalized spacial score (nSPS) is 10.3. The molecule has 0 fully saturated rings. The van der Waals surface area contributed by atoms with Gasteiger partial charge in [-0.25, -0.2) is 4.79 Å². The van der Waals surface area contributed by atoms with Crippen molar-refractivity contribution in [3.8, 4) is 22.6 Å². The Hall–Kier alpha value is -3.92. The molecular formula is C22H20N2O7S. The minimum atomic E-state index is -0.591. The summed E-state index contributed by atoms with van der Waals surface area (Å²) in [4.78, 5) is 35.6. The first-order valence-corrected chi connectivity index (χ1v) is 10.4. The van der Waals surface area contributed by atoms with Gasteiger partial charge in [0.2, 0.25) is 0 Å². The molecule has 32 heavy (non-hydrogen) atoms. The molecule has 0 saturated carbocycles. The fraction of sp³-hybridized carbons (Fsp3) is 0.182. The van der Waals surface area contributed by atoms with Crippen molar-refractivity contribution in [2.45, 2.75) is 6.92 Å². The molecule has 0 unspecified atom stereocenters. The Labute approximate surface area is 187 Å². The number of hydrogen-bond acceptors (Lipinski definition) is 8. The van der Waals surface area contributed by atoms with Crippen LogP contribution < -0.4 is 14.8 Å². The van der Waals surface area contributed by atoms with Crippen LogP contribution in [0.1, 0.15) is 17.3 Å². The first-order chi connectivity index (χ1) is 15.4. The Morgan fingerprint density at radius 3 is 2.50 bits per heavy atom. The summed E-state index contributed by atoms with van der Waals surface area (Å²) in [6.45, 7) is 1.39. The average Bonchev–Trinajstić information content (AvgIpc) is 3.21. The highest BCUT2D eigenvalue weighted by molar-refractivity contribution is 7.15. The van der Waals surface area contributed by atoms with E-state index >= 15 is 0 Å². The number of esters is 1. The van der Waals surface area contributed by atoms with E-state index in [-0.39, 0.29) is 23.6 Å². The zero-order valence-electron chi connectivity index (χ0n) is 17.3. The number of nitrogens with zero attached hydrogens (tertiary/aromatic N) is 1. The molecule has 2 aromatic carbocycles. The third kappa shape index (κ3) is 5.22. The number of ether oxygens (including phenoxy) is 3. The predicted octanol–water partition coefficient (Wildman–Crippen LogP) is 4.53. The van der Waals surface area contributed by atoms with Crippen molar-refractivity contribution in [3.05, 3.63) is 69.6 Å². The summed E-state index contributed by atoms with van der Waals surface area (Å²) >= 11 is 1.17. The highest BCUT2D eigenvalue weighted by Gasteiger charge is 2.23. The smallest absolute Gasteiger partial charge is 0.341 e. The standard InChI is InChI=1S/C22H20N2O7S/c1-3-30-22(26)20-16(14-8-10-15(29-2)11-9-14)13-32-21(20)23-19(25)12-31-18-7-5-4-6-17(18)24(27)28/h4-11,13H,3,12H2,1-2H3,(H,23,25). The molecule has 1 N–H and O–H groups in total. The van der Waals surface area contributed by atoms with E-state index < -0.39 is 23.4 Å². The Balaban J connectivity index is 1.81. The summed E-state index contributed by atoms with van der Waals surface area (Å²) in [7, 11) is 1.56. The van der Waals surface area contributed by atoms with Gasteiger partial charge in [-0.3, -0.25) is 14.9 Å². The maximum Gasteiger partial charge on any atom is 0.341 e. The van der Waals surface area contributed by atoms with E-state index in [2.05, 4.69) is 5.32 Å². The lowest BCUT2D eigenvalue weighted by Crippen LogP contribution is -2.21. The Morgan fingerprint density at radius 1 is 1.12 bits per heavy atom. The zero-order chi connectivity index (χ0) is 23.1. The van der Waals surface area contributed by atoms with Crippen molar-refractivity contribution in [1.82, 2.24) is 0 Å². The zero-order valence-corrected chi connectivity index (χ0v) is 18.1. The fourth-order valence-corrected chi connectivity index (χ4v) is 3.85. The van der Waals surface area contributed by atoms with Crippen molar-refractivity contribution < 1.29 is 28.7 Å². The average molecular weight is 456 g/mol. The van der Waals surface area contributed by atoms with Gasteiger partial charge in [-0.15, -0.1) is 11.3 Å². The SMILES string of the molecule is CCOC(=O)c1c(-c2ccc(OC)cc2)csc1NC(=O)COc1ccccc1[N+](=O)[O-]. The van der Waals surface area contributed by atoms with Crippen LogP contribution >= 0.6 is 11.3 Å². The molecule has 3 rings (SSSR count). The number of rotatable bonds is 9. The molecule has 0 radical (unpaired) electrons. The van der Waals surface area contributed by atoms with Gasteiger partial charge in [-0.05, 0) is 30.7 Å². The molecule has 9 nitrogen and oxygen atoms in total. The van der Waals surface area contributed by atoms with Crippen LogP contribution in [-0.4, -0.2) is 37.1 Å². The number of carbonyl (C=O) groups excluding carboxylic acids is 2. The second-order valence-corrected chi connectivity index (χ2v) is 7.24. The summed E-state index contributed by atoms with van der Waals surface area (Å²) in [6, 6.07) is 12.9. The van der Waals surface area contributed by atoms with E-state index in [1.807, 2.05) is 0 Å². The van der Waals surface area contributed by atoms with E-state index in [9.17, 15) is 19.7 Å². The van der Waals surface area contributed by atoms with Crippen LogP contribution in [0, 0.1) is 10.1 Å². The second kappa shape index (κ2) is 10.4. The number of nitrogens with one attached hydrogen (secondary N) is 1. The van der Waals surface area contributed by atoms with Crippen LogP contribution in [-0.2, 0) is 9.53 Å². The third-order valence-corrected chi connectivity index (χ3v) is 5.24. The molecule has 0 atom stereocenters. The Morgan fingerprint density at radius 2 is 1.84 bits per heavy atom. The predicted molar refractivity (Wildman–Crippen MR) is 119 cm³/mol. The Bertz CT molecular complexity index is 1130. The molecule has 0 spiro atoms. The number of benzene rings is 2. The minimum absolute atomic E-state index is 0.0247. The van der Waals surface area contributed by atoms with Gasteiger partial charge in [0, 0.05) is 17.0 Å². The van der Waals surface area contributed by atoms with Crippen molar-refractivity contribution >= 4 is 33.9 Å². The van der Waals surface area contributed by atoms with E-state index in [4.69, 9.17) is 14.2 Å². The van der Waals surface area contributed by atoms with E-state index in [1.54, 1.807) is 49.7 Å². The van der Waals surface area contributed by atoms with Crippen LogP contribution in [0.25, 0.3) is 11.1 Å². The molecule has 3 aromatic rings. The quantitative estimate of drug-likeness (QED) is 0.286. The van der Waals surface area contributed by atoms with Gasteiger partial charge in [0.05, 0.1) is 18.6 Å². The van der Waals surface area contributed by atoms with Gasteiger partial charge < -0.3 is 19.5 Å². The van der Waals surface area contributed by atoms with Crippen molar-refractivity contribution in [1.29, 1.82) is 0 Å². The third-order valence-electron chi connectivity index (χ3n) is 4.35. The lowest BCUT2D eigenvalue weighted by atomic mass is 10.0. The molecular weight excluding hydrogens is 436 g/mol. The second-order valence-electron chi connectivity index (χ2n) is 6.36. The van der Waals surface area contributed by atoms with Crippen LogP contribution in [0.2, 0.25) is 0 Å². The van der Waals surface area contributed by atoms with Crippen LogP contribution in [0.5, 0.6) is 11.5 Å². The number of nitro benzene ring substituents is 1. The summed E-state index contributed by atoms with van der Waals surface area (Å²) in [5, 5.41) is 15.8. The van der Waals surface area contributed by atoms with Crippen LogP contribution in [0.4, 0.5) is 10.7 Å². The molecule has 0 aliphatic heterocycles. The largest absolute Gasteiger partial charge is 0.497 e. The number of carbonyl (C=O) groups is 2. The van der Waals surface area contributed by atoms with Gasteiger partial charge in [-0.2, -0.15) is 0 Å². The van der Waals surface area contributed by atoms with Gasteiger partial charge in [0.1, 0.15) is 16.3 Å². The molecule has 166 valence electrons. The lowest BCUT2D eigenvalue weighted by molar-refractivity contribution is -0.385. The molecule has 0 saturated heterocycles. The summed E-state index contributed by atoms with van der Waals surface area (Å²) < 4.78 is 15.7. The topological polar surface area (TPSA) is 117 Å². The number of nitro groups is 1. The molecule has 1 amide bonds. The highest BCUT2D eigenvalue weighted by atomic mass is 32.1.